The topological polar surface area (TPSA) is 20.2 Å². The first kappa shape index (κ1) is 7.77. The Morgan fingerprint density at radius 2 is 2.18 bits per heavy atom. The van der Waals surface area contributed by atoms with Gasteiger partial charge in [0.2, 0.25) is 0 Å². The molecule has 11 heavy (non-hydrogen) atoms. The van der Waals surface area contributed by atoms with E-state index in [1.807, 2.05) is 12.1 Å². The van der Waals surface area contributed by atoms with E-state index in [0.717, 1.165) is 27.9 Å². The van der Waals surface area contributed by atoms with Crippen LogP contribution < -0.4 is 0 Å². The number of aliphatic hydroxyl groups is 1. The second-order valence-corrected chi connectivity index (χ2v) is 5.45. The molecule has 1 heterocycles. The summed E-state index contributed by atoms with van der Waals surface area (Å²) in [6.45, 7) is 0. The van der Waals surface area contributed by atoms with Crippen LogP contribution in [0.2, 0.25) is 0 Å². The van der Waals surface area contributed by atoms with E-state index in [-0.39, 0.29) is 0 Å². The first-order valence-corrected chi connectivity index (χ1v) is 5.30. The summed E-state index contributed by atoms with van der Waals surface area (Å²) in [4.78, 5) is 1.11. The molecule has 1 saturated carbocycles. The lowest BCUT2D eigenvalue weighted by Crippen LogP contribution is -2.32. The zero-order chi connectivity index (χ0) is 7.90. The Balaban J connectivity index is 2.28. The summed E-state index contributed by atoms with van der Waals surface area (Å²) >= 11 is 5.02. The van der Waals surface area contributed by atoms with Crippen molar-refractivity contribution < 1.29 is 5.11 Å². The maximum absolute atomic E-state index is 9.88. The Hall–Kier alpha value is 0.140. The van der Waals surface area contributed by atoms with Crippen LogP contribution >= 0.6 is 27.3 Å². The second kappa shape index (κ2) is 2.57. The third-order valence-electron chi connectivity index (χ3n) is 2.21. The number of halogens is 1. The molecule has 1 fully saturated rings. The number of hydrogen-bond acceptors (Lipinski definition) is 2. The molecule has 0 saturated heterocycles. The summed E-state index contributed by atoms with van der Waals surface area (Å²) in [6.07, 6.45) is 3.02. The van der Waals surface area contributed by atoms with Crippen molar-refractivity contribution in [1.29, 1.82) is 0 Å². The minimum absolute atomic E-state index is 0.476. The molecule has 0 amide bonds. The van der Waals surface area contributed by atoms with E-state index in [4.69, 9.17) is 0 Å². The van der Waals surface area contributed by atoms with Gasteiger partial charge in [0, 0.05) is 4.88 Å². The normalized spacial score (nSPS) is 21.3. The zero-order valence-electron chi connectivity index (χ0n) is 6.01. The highest BCUT2D eigenvalue weighted by molar-refractivity contribution is 9.11. The minimum atomic E-state index is -0.476. The first-order valence-electron chi connectivity index (χ1n) is 3.69. The molecule has 0 atom stereocenters. The molecule has 1 nitrogen and oxygen atoms in total. The van der Waals surface area contributed by atoms with E-state index >= 15 is 0 Å². The van der Waals surface area contributed by atoms with E-state index in [9.17, 15) is 5.11 Å². The van der Waals surface area contributed by atoms with Crippen molar-refractivity contribution in [3.8, 4) is 0 Å². The molecule has 0 aliphatic heterocycles. The summed E-state index contributed by atoms with van der Waals surface area (Å²) in [5.41, 5.74) is -0.476. The summed E-state index contributed by atoms with van der Waals surface area (Å²) in [6, 6.07) is 4.00. The number of rotatable bonds is 1. The van der Waals surface area contributed by atoms with E-state index in [1.165, 1.54) is 0 Å². The predicted octanol–water partition coefficient (Wildman–Crippen LogP) is 2.88. The van der Waals surface area contributed by atoms with Crippen LogP contribution in [0.4, 0.5) is 0 Å². The highest BCUT2D eigenvalue weighted by Gasteiger charge is 2.37. The largest absolute Gasteiger partial charge is 0.384 e. The molecule has 1 aromatic heterocycles. The van der Waals surface area contributed by atoms with Crippen molar-refractivity contribution in [2.24, 2.45) is 0 Å². The Bertz CT molecular complexity index is 265. The Labute approximate surface area is 78.2 Å². The van der Waals surface area contributed by atoms with Crippen molar-refractivity contribution in [2.75, 3.05) is 0 Å². The molecule has 0 unspecified atom stereocenters. The highest BCUT2D eigenvalue weighted by atomic mass is 79.9. The standard InChI is InChI=1S/C8H9BrOS/c9-7-3-2-6(11-7)8(10)4-1-5-8/h2-3,10H,1,4-5H2. The fourth-order valence-electron chi connectivity index (χ4n) is 1.32. The van der Waals surface area contributed by atoms with Crippen molar-refractivity contribution in [3.63, 3.8) is 0 Å². The van der Waals surface area contributed by atoms with Gasteiger partial charge in [-0.15, -0.1) is 11.3 Å². The lowest BCUT2D eigenvalue weighted by Gasteiger charge is -2.35. The van der Waals surface area contributed by atoms with Crippen LogP contribution in [-0.4, -0.2) is 5.11 Å². The molecule has 0 spiro atoms. The quantitative estimate of drug-likeness (QED) is 0.790. The van der Waals surface area contributed by atoms with Gasteiger partial charge in [0.1, 0.15) is 0 Å². The number of hydrogen-bond donors (Lipinski definition) is 1. The molecule has 0 radical (unpaired) electrons. The van der Waals surface area contributed by atoms with Crippen molar-refractivity contribution in [1.82, 2.24) is 0 Å². The molecule has 1 aliphatic carbocycles. The Morgan fingerprint density at radius 3 is 2.55 bits per heavy atom. The fourth-order valence-corrected chi connectivity index (χ4v) is 2.85. The van der Waals surface area contributed by atoms with Gasteiger partial charge in [0.25, 0.3) is 0 Å². The van der Waals surface area contributed by atoms with E-state index in [1.54, 1.807) is 11.3 Å². The third-order valence-corrected chi connectivity index (χ3v) is 4.03. The highest BCUT2D eigenvalue weighted by Crippen LogP contribution is 2.44. The van der Waals surface area contributed by atoms with Crippen LogP contribution in [0, 0.1) is 0 Å². The average molecular weight is 233 g/mol. The molecule has 1 N–H and O–H groups in total. The van der Waals surface area contributed by atoms with E-state index in [2.05, 4.69) is 15.9 Å². The summed E-state index contributed by atoms with van der Waals surface area (Å²) in [7, 11) is 0. The van der Waals surface area contributed by atoms with Crippen LogP contribution in [0.25, 0.3) is 0 Å². The van der Waals surface area contributed by atoms with E-state index in [0.29, 0.717) is 0 Å². The molecule has 1 aliphatic rings. The van der Waals surface area contributed by atoms with Gasteiger partial charge in [-0.3, -0.25) is 0 Å². The van der Waals surface area contributed by atoms with Crippen molar-refractivity contribution in [3.05, 3.63) is 20.8 Å². The summed E-state index contributed by atoms with van der Waals surface area (Å²) in [5, 5.41) is 9.88. The Morgan fingerprint density at radius 1 is 1.45 bits per heavy atom. The molecular weight excluding hydrogens is 224 g/mol. The molecule has 60 valence electrons. The molecule has 3 heteroatoms. The average Bonchev–Trinajstić information content (AvgIpc) is 2.31. The first-order chi connectivity index (χ1) is 5.21. The molecule has 1 aromatic rings. The van der Waals surface area contributed by atoms with Crippen LogP contribution in [0.3, 0.4) is 0 Å². The number of thiophene rings is 1. The fraction of sp³-hybridized carbons (Fsp3) is 0.500. The lowest BCUT2D eigenvalue weighted by molar-refractivity contribution is -0.0354. The van der Waals surface area contributed by atoms with Crippen molar-refractivity contribution >= 4 is 27.3 Å². The molecule has 0 aromatic carbocycles. The second-order valence-electron chi connectivity index (χ2n) is 2.99. The maximum Gasteiger partial charge on any atom is 0.0988 e. The van der Waals surface area contributed by atoms with Gasteiger partial charge in [-0.25, -0.2) is 0 Å². The SMILES string of the molecule is OC1(c2ccc(Br)s2)CCC1. The molecule has 2 rings (SSSR count). The van der Waals surface area contributed by atoms with Gasteiger partial charge in [0.05, 0.1) is 9.39 Å². The van der Waals surface area contributed by atoms with Crippen LogP contribution in [-0.2, 0) is 5.60 Å². The van der Waals surface area contributed by atoms with Gasteiger partial charge in [-0.05, 0) is 47.3 Å². The van der Waals surface area contributed by atoms with Crippen LogP contribution in [0.15, 0.2) is 15.9 Å². The molecular formula is C8H9BrOS. The van der Waals surface area contributed by atoms with E-state index < -0.39 is 5.60 Å². The smallest absolute Gasteiger partial charge is 0.0988 e. The molecule has 0 bridgehead atoms. The zero-order valence-corrected chi connectivity index (χ0v) is 8.41. The third kappa shape index (κ3) is 1.25. The Kier molecular flexibility index (Phi) is 1.82. The van der Waals surface area contributed by atoms with Gasteiger partial charge < -0.3 is 5.11 Å². The lowest BCUT2D eigenvalue weighted by atomic mass is 9.79. The van der Waals surface area contributed by atoms with Crippen LogP contribution in [0.1, 0.15) is 24.1 Å². The van der Waals surface area contributed by atoms with Gasteiger partial charge in [0.15, 0.2) is 0 Å². The van der Waals surface area contributed by atoms with Crippen molar-refractivity contribution in [2.45, 2.75) is 24.9 Å². The van der Waals surface area contributed by atoms with Gasteiger partial charge in [-0.2, -0.15) is 0 Å². The predicted molar refractivity (Wildman–Crippen MR) is 49.8 cm³/mol. The summed E-state index contributed by atoms with van der Waals surface area (Å²) < 4.78 is 1.10. The van der Waals surface area contributed by atoms with Crippen LogP contribution in [0.5, 0.6) is 0 Å². The minimum Gasteiger partial charge on any atom is -0.384 e. The van der Waals surface area contributed by atoms with Gasteiger partial charge >= 0.3 is 0 Å². The maximum atomic E-state index is 9.88. The summed E-state index contributed by atoms with van der Waals surface area (Å²) in [5.74, 6) is 0. The monoisotopic (exact) mass is 232 g/mol. The van der Waals surface area contributed by atoms with Gasteiger partial charge in [-0.1, -0.05) is 0 Å².